The normalized spacial score (nSPS) is 12.1. The van der Waals surface area contributed by atoms with E-state index >= 15 is 0 Å². The van der Waals surface area contributed by atoms with Crippen LogP contribution in [0.5, 0.6) is 0 Å². The number of rotatable bonds is 6. The molecule has 0 aliphatic carbocycles. The minimum atomic E-state index is 0.0884. The second-order valence-corrected chi connectivity index (χ2v) is 4.59. The van der Waals surface area contributed by atoms with Crippen molar-refractivity contribution in [3.05, 3.63) is 11.1 Å². The van der Waals surface area contributed by atoms with Gasteiger partial charge in [-0.05, 0) is 37.3 Å². The average Bonchev–Trinajstić information content (AvgIpc) is 2.66. The average molecular weight is 244 g/mol. The maximum absolute atomic E-state index is 6.19. The van der Waals surface area contributed by atoms with Gasteiger partial charge in [0, 0.05) is 12.0 Å². The fraction of sp³-hybridized carbons (Fsp3) is 0.833. The van der Waals surface area contributed by atoms with Gasteiger partial charge >= 0.3 is 0 Å². The molecule has 0 radical (unpaired) electrons. The fourth-order valence-corrected chi connectivity index (χ4v) is 2.69. The first kappa shape index (κ1) is 13.5. The van der Waals surface area contributed by atoms with Gasteiger partial charge in [0.25, 0.3) is 0 Å². The molecule has 0 aliphatic heterocycles. The Hall–Kier alpha value is -0.570. The summed E-state index contributed by atoms with van der Waals surface area (Å²) in [5.74, 6) is 1.03. The van der Waals surface area contributed by atoms with E-state index in [1.165, 1.54) is 0 Å². The van der Waals surface area contributed by atoms with Crippen LogP contribution < -0.4 is 0 Å². The first-order chi connectivity index (χ1) is 7.65. The number of halogens is 1. The van der Waals surface area contributed by atoms with Crippen molar-refractivity contribution in [1.82, 2.24) is 14.8 Å². The van der Waals surface area contributed by atoms with Crippen LogP contribution in [0.3, 0.4) is 0 Å². The number of aromatic nitrogens is 3. The molecule has 0 saturated heterocycles. The molecule has 16 heavy (non-hydrogen) atoms. The van der Waals surface area contributed by atoms with Gasteiger partial charge in [-0.25, -0.2) is 0 Å². The molecule has 4 heteroatoms. The van der Waals surface area contributed by atoms with Gasteiger partial charge < -0.3 is 0 Å². The number of aryl methyl sites for hydroxylation is 1. The highest BCUT2D eigenvalue weighted by atomic mass is 35.5. The molecule has 0 aliphatic rings. The Balaban J connectivity index is 3.21. The third kappa shape index (κ3) is 2.24. The van der Waals surface area contributed by atoms with E-state index < -0.39 is 0 Å². The molecule has 0 amide bonds. The summed E-state index contributed by atoms with van der Waals surface area (Å²) in [6.07, 6.45) is 5.21. The van der Waals surface area contributed by atoms with E-state index in [9.17, 15) is 0 Å². The molecule has 0 saturated carbocycles. The molecule has 1 aromatic rings. The Kier molecular flexibility index (Phi) is 4.78. The van der Waals surface area contributed by atoms with Crippen molar-refractivity contribution < 1.29 is 0 Å². The predicted molar refractivity (Wildman–Crippen MR) is 67.9 cm³/mol. The summed E-state index contributed by atoms with van der Waals surface area (Å²) < 4.78 is 2.15. The van der Waals surface area contributed by atoms with Crippen LogP contribution >= 0.6 is 11.6 Å². The highest BCUT2D eigenvalue weighted by Gasteiger charge is 2.30. The lowest BCUT2D eigenvalue weighted by Crippen LogP contribution is -2.33. The van der Waals surface area contributed by atoms with Crippen molar-refractivity contribution in [3.63, 3.8) is 0 Å². The largest absolute Gasteiger partial charge is 0.296 e. The van der Waals surface area contributed by atoms with Gasteiger partial charge in [-0.15, -0.1) is 10.2 Å². The van der Waals surface area contributed by atoms with Crippen LogP contribution in [0, 0.1) is 0 Å². The van der Waals surface area contributed by atoms with Crippen molar-refractivity contribution >= 4 is 11.6 Å². The minimum Gasteiger partial charge on any atom is -0.296 e. The molecule has 0 fully saturated rings. The summed E-state index contributed by atoms with van der Waals surface area (Å²) >= 11 is 6.19. The Morgan fingerprint density at radius 2 is 1.62 bits per heavy atom. The molecule has 3 nitrogen and oxygen atoms in total. The monoisotopic (exact) mass is 243 g/mol. The molecule has 0 N–H and O–H groups in total. The SMILES string of the molecule is CCCc1nnc(Cl)n1C(CC)(CC)CC. The van der Waals surface area contributed by atoms with Crippen LogP contribution in [0.25, 0.3) is 0 Å². The number of hydrogen-bond donors (Lipinski definition) is 0. The first-order valence-corrected chi connectivity index (χ1v) is 6.63. The zero-order chi connectivity index (χ0) is 12.2. The summed E-state index contributed by atoms with van der Waals surface area (Å²) in [6, 6.07) is 0. The molecule has 0 atom stereocenters. The van der Waals surface area contributed by atoms with E-state index in [1.807, 2.05) is 0 Å². The third-order valence-electron chi connectivity index (χ3n) is 3.61. The van der Waals surface area contributed by atoms with Crippen LogP contribution in [0.4, 0.5) is 0 Å². The Labute approximate surface area is 103 Å². The summed E-state index contributed by atoms with van der Waals surface area (Å²) in [4.78, 5) is 0. The van der Waals surface area contributed by atoms with E-state index in [-0.39, 0.29) is 5.54 Å². The van der Waals surface area contributed by atoms with Crippen LogP contribution in [-0.2, 0) is 12.0 Å². The van der Waals surface area contributed by atoms with E-state index in [2.05, 4.69) is 42.5 Å². The quantitative estimate of drug-likeness (QED) is 0.761. The van der Waals surface area contributed by atoms with Crippen LogP contribution in [0.1, 0.15) is 59.2 Å². The summed E-state index contributed by atoms with van der Waals surface area (Å²) in [7, 11) is 0. The molecule has 92 valence electrons. The van der Waals surface area contributed by atoms with Gasteiger partial charge in [0.15, 0.2) is 0 Å². The topological polar surface area (TPSA) is 30.7 Å². The summed E-state index contributed by atoms with van der Waals surface area (Å²) in [6.45, 7) is 8.77. The molecule has 0 unspecified atom stereocenters. The number of hydrogen-bond acceptors (Lipinski definition) is 2. The Morgan fingerprint density at radius 3 is 2.06 bits per heavy atom. The van der Waals surface area contributed by atoms with Crippen molar-refractivity contribution in [3.8, 4) is 0 Å². The van der Waals surface area contributed by atoms with E-state index in [1.54, 1.807) is 0 Å². The van der Waals surface area contributed by atoms with Crippen molar-refractivity contribution in [2.24, 2.45) is 0 Å². The predicted octanol–water partition coefficient (Wildman–Crippen LogP) is 3.81. The lowest BCUT2D eigenvalue weighted by Gasteiger charge is -2.33. The van der Waals surface area contributed by atoms with E-state index in [0.29, 0.717) is 5.28 Å². The van der Waals surface area contributed by atoms with Gasteiger partial charge in [0.05, 0.1) is 0 Å². The van der Waals surface area contributed by atoms with Gasteiger partial charge in [-0.1, -0.05) is 27.7 Å². The highest BCUT2D eigenvalue weighted by Crippen LogP contribution is 2.33. The summed E-state index contributed by atoms with van der Waals surface area (Å²) in [5.41, 5.74) is 0.0884. The zero-order valence-electron chi connectivity index (χ0n) is 10.8. The fourth-order valence-electron chi connectivity index (χ4n) is 2.37. The third-order valence-corrected chi connectivity index (χ3v) is 3.86. The van der Waals surface area contributed by atoms with Crippen LogP contribution in [0.15, 0.2) is 0 Å². The molecule has 0 aromatic carbocycles. The van der Waals surface area contributed by atoms with Crippen LogP contribution in [0.2, 0.25) is 5.28 Å². The molecule has 1 heterocycles. The second-order valence-electron chi connectivity index (χ2n) is 4.26. The van der Waals surface area contributed by atoms with E-state index in [4.69, 9.17) is 11.6 Å². The second kappa shape index (κ2) is 5.67. The van der Waals surface area contributed by atoms with Gasteiger partial charge in [0.2, 0.25) is 5.28 Å². The van der Waals surface area contributed by atoms with Gasteiger partial charge in [-0.3, -0.25) is 4.57 Å². The maximum atomic E-state index is 6.19. The molecule has 1 aromatic heterocycles. The van der Waals surface area contributed by atoms with Gasteiger partial charge in [0.1, 0.15) is 5.82 Å². The molecule has 0 spiro atoms. The highest BCUT2D eigenvalue weighted by molar-refractivity contribution is 6.28. The molecular formula is C12H22ClN3. The van der Waals surface area contributed by atoms with E-state index in [0.717, 1.165) is 37.9 Å². The maximum Gasteiger partial charge on any atom is 0.225 e. The Morgan fingerprint density at radius 1 is 1.06 bits per heavy atom. The lowest BCUT2D eigenvalue weighted by molar-refractivity contribution is 0.243. The summed E-state index contributed by atoms with van der Waals surface area (Å²) in [5, 5.41) is 8.76. The lowest BCUT2D eigenvalue weighted by atomic mass is 9.89. The van der Waals surface area contributed by atoms with Crippen LogP contribution in [-0.4, -0.2) is 14.8 Å². The molecule has 0 bridgehead atoms. The van der Waals surface area contributed by atoms with Gasteiger partial charge in [-0.2, -0.15) is 0 Å². The standard InChI is InChI=1S/C12H22ClN3/c1-5-9-10-14-15-11(13)16(10)12(6-2,7-3)8-4/h5-9H2,1-4H3. The zero-order valence-corrected chi connectivity index (χ0v) is 11.5. The first-order valence-electron chi connectivity index (χ1n) is 6.25. The minimum absolute atomic E-state index is 0.0884. The van der Waals surface area contributed by atoms with Crippen molar-refractivity contribution in [1.29, 1.82) is 0 Å². The Bertz CT molecular complexity index is 321. The smallest absolute Gasteiger partial charge is 0.225 e. The van der Waals surface area contributed by atoms with Crippen molar-refractivity contribution in [2.75, 3.05) is 0 Å². The number of nitrogens with zero attached hydrogens (tertiary/aromatic N) is 3. The van der Waals surface area contributed by atoms with Crippen molar-refractivity contribution in [2.45, 2.75) is 65.3 Å². The molecule has 1 rings (SSSR count). The molecular weight excluding hydrogens is 222 g/mol.